The van der Waals surface area contributed by atoms with Crippen LogP contribution in [-0.4, -0.2) is 48.7 Å². The van der Waals surface area contributed by atoms with Gasteiger partial charge in [-0.1, -0.05) is 19.6 Å². The maximum absolute atomic E-state index is 13.2. The Kier molecular flexibility index (Phi) is 5.12. The molecule has 1 amide bonds. The Hall–Kier alpha value is -0.363. The molecule has 1 aliphatic rings. The molecule has 1 fully saturated rings. The van der Waals surface area contributed by atoms with Gasteiger partial charge in [0.2, 0.25) is 0 Å². The third-order valence-corrected chi connectivity index (χ3v) is 8.26. The Morgan fingerprint density at radius 1 is 1.30 bits per heavy atom. The first-order valence-corrected chi connectivity index (χ1v) is 12.2. The third-order valence-electron chi connectivity index (χ3n) is 3.47. The number of rotatable bonds is 7. The van der Waals surface area contributed by atoms with Crippen LogP contribution in [0.25, 0.3) is 0 Å². The topological polar surface area (TPSA) is 75.8 Å². The number of carbonyl (C=O) groups is 1. The summed E-state index contributed by atoms with van der Waals surface area (Å²) in [5, 5.41) is 8.36. The molecule has 0 bridgehead atoms. The molecule has 1 rings (SSSR count). The molecule has 1 heterocycles. The molecule has 1 saturated heterocycles. The molecular formula is C12H26NO5PSi. The lowest BCUT2D eigenvalue weighted by Gasteiger charge is -2.30. The summed E-state index contributed by atoms with van der Waals surface area (Å²) in [6, 6.07) is 0.237. The SMILES string of the molecule is CCOP(=O)(OCC)C1(C[Si](C)(C)C)C(C)N1C(=O)O. The highest BCUT2D eigenvalue weighted by atomic mass is 31.2. The van der Waals surface area contributed by atoms with E-state index in [2.05, 4.69) is 19.6 Å². The second kappa shape index (κ2) is 5.79. The molecule has 2 unspecified atom stereocenters. The molecule has 20 heavy (non-hydrogen) atoms. The normalized spacial score (nSPS) is 26.7. The van der Waals surface area contributed by atoms with Gasteiger partial charge < -0.3 is 14.2 Å². The van der Waals surface area contributed by atoms with Crippen LogP contribution in [0.5, 0.6) is 0 Å². The van der Waals surface area contributed by atoms with Crippen LogP contribution < -0.4 is 0 Å². The van der Waals surface area contributed by atoms with Crippen molar-refractivity contribution in [1.29, 1.82) is 0 Å². The molecule has 0 radical (unpaired) electrons. The van der Waals surface area contributed by atoms with Crippen LogP contribution in [0.4, 0.5) is 4.79 Å². The minimum Gasteiger partial charge on any atom is -0.465 e. The van der Waals surface area contributed by atoms with Crippen LogP contribution in [0, 0.1) is 0 Å². The summed E-state index contributed by atoms with van der Waals surface area (Å²) in [6.45, 7) is 12.1. The molecule has 0 aromatic carbocycles. The molecule has 6 nitrogen and oxygen atoms in total. The van der Waals surface area contributed by atoms with Gasteiger partial charge in [-0.25, -0.2) is 4.79 Å². The van der Waals surface area contributed by atoms with Crippen LogP contribution in [0.15, 0.2) is 0 Å². The van der Waals surface area contributed by atoms with Gasteiger partial charge in [-0.2, -0.15) is 0 Å². The maximum Gasteiger partial charge on any atom is 0.408 e. The van der Waals surface area contributed by atoms with E-state index in [1.54, 1.807) is 20.8 Å². The van der Waals surface area contributed by atoms with Crippen LogP contribution in [-0.2, 0) is 13.6 Å². The fourth-order valence-corrected chi connectivity index (χ4v) is 9.33. The quantitative estimate of drug-likeness (QED) is 0.439. The average Bonchev–Trinajstić information content (AvgIpc) is 2.83. The van der Waals surface area contributed by atoms with Gasteiger partial charge in [0.25, 0.3) is 0 Å². The lowest BCUT2D eigenvalue weighted by atomic mass is 10.4. The van der Waals surface area contributed by atoms with Gasteiger partial charge >= 0.3 is 13.7 Å². The highest BCUT2D eigenvalue weighted by Crippen LogP contribution is 2.73. The zero-order chi connectivity index (χ0) is 15.8. The highest BCUT2D eigenvalue weighted by molar-refractivity contribution is 7.56. The Balaban J connectivity index is 3.25. The molecule has 8 heteroatoms. The van der Waals surface area contributed by atoms with Crippen LogP contribution in [0.2, 0.25) is 25.7 Å². The molecule has 0 spiro atoms. The van der Waals surface area contributed by atoms with E-state index in [4.69, 9.17) is 9.05 Å². The standard InChI is InChI=1S/C12H26NO5PSi/c1-7-17-19(16,18-8-2)12(9-20(4,5)6)10(3)13(12)11(14)15/h10H,7-9H2,1-6H3,(H,14,15). The van der Waals surface area contributed by atoms with Crippen molar-refractivity contribution in [2.75, 3.05) is 13.2 Å². The largest absolute Gasteiger partial charge is 0.465 e. The molecule has 1 aliphatic heterocycles. The average molecular weight is 323 g/mol. The van der Waals surface area contributed by atoms with E-state index in [1.165, 1.54) is 4.90 Å². The van der Waals surface area contributed by atoms with Crippen molar-refractivity contribution >= 4 is 21.8 Å². The summed E-state index contributed by atoms with van der Waals surface area (Å²) in [4.78, 5) is 12.7. The van der Waals surface area contributed by atoms with Crippen molar-refractivity contribution in [2.45, 2.75) is 57.8 Å². The zero-order valence-corrected chi connectivity index (χ0v) is 15.1. The fraction of sp³-hybridized carbons (Fsp3) is 0.917. The molecule has 0 aromatic heterocycles. The first kappa shape index (κ1) is 17.7. The fourth-order valence-electron chi connectivity index (χ4n) is 2.87. The van der Waals surface area contributed by atoms with E-state index in [0.717, 1.165) is 0 Å². The number of nitrogens with zero attached hydrogens (tertiary/aromatic N) is 1. The lowest BCUT2D eigenvalue weighted by molar-refractivity contribution is 0.165. The number of carboxylic acid groups (broad SMARTS) is 1. The Labute approximate surface area is 122 Å². The second-order valence-electron chi connectivity index (χ2n) is 6.28. The Morgan fingerprint density at radius 2 is 1.75 bits per heavy atom. The van der Waals surface area contributed by atoms with Gasteiger partial charge in [-0.3, -0.25) is 9.46 Å². The van der Waals surface area contributed by atoms with Crippen LogP contribution in [0.3, 0.4) is 0 Å². The van der Waals surface area contributed by atoms with E-state index >= 15 is 0 Å². The van der Waals surface area contributed by atoms with E-state index in [0.29, 0.717) is 6.04 Å². The molecular weight excluding hydrogens is 297 g/mol. The minimum absolute atomic E-state index is 0.241. The summed E-state index contributed by atoms with van der Waals surface area (Å²) in [5.41, 5.74) is 0. The summed E-state index contributed by atoms with van der Waals surface area (Å²) in [6.07, 6.45) is -1.06. The van der Waals surface area contributed by atoms with Crippen molar-refractivity contribution in [2.24, 2.45) is 0 Å². The van der Waals surface area contributed by atoms with Crippen molar-refractivity contribution in [3.63, 3.8) is 0 Å². The second-order valence-corrected chi connectivity index (χ2v) is 14.0. The van der Waals surface area contributed by atoms with E-state index < -0.39 is 27.0 Å². The number of hydrogen-bond donors (Lipinski definition) is 1. The molecule has 1 N–H and O–H groups in total. The number of hydrogen-bond acceptors (Lipinski definition) is 4. The minimum atomic E-state index is -3.49. The van der Waals surface area contributed by atoms with Gasteiger partial charge in [0.05, 0.1) is 19.3 Å². The summed E-state index contributed by atoms with van der Waals surface area (Å²) < 4.78 is 24.1. The van der Waals surface area contributed by atoms with Crippen molar-refractivity contribution in [1.82, 2.24) is 4.90 Å². The van der Waals surface area contributed by atoms with Crippen LogP contribution in [0.1, 0.15) is 20.8 Å². The molecule has 0 saturated carbocycles. The summed E-state index contributed by atoms with van der Waals surface area (Å²) >= 11 is 0. The predicted molar refractivity (Wildman–Crippen MR) is 81.1 cm³/mol. The zero-order valence-electron chi connectivity index (χ0n) is 13.2. The Morgan fingerprint density at radius 3 is 2.00 bits per heavy atom. The smallest absolute Gasteiger partial charge is 0.408 e. The van der Waals surface area contributed by atoms with Crippen molar-refractivity contribution in [3.05, 3.63) is 0 Å². The maximum atomic E-state index is 13.2. The van der Waals surface area contributed by atoms with Gasteiger partial charge in [-0.05, 0) is 26.8 Å². The summed E-state index contributed by atoms with van der Waals surface area (Å²) in [5.74, 6) is 0. The molecule has 118 valence electrons. The summed E-state index contributed by atoms with van der Waals surface area (Å²) in [7, 11) is -5.16. The lowest BCUT2D eigenvalue weighted by Crippen LogP contribution is -2.34. The third kappa shape index (κ3) is 2.96. The van der Waals surface area contributed by atoms with Crippen molar-refractivity contribution in [3.8, 4) is 0 Å². The predicted octanol–water partition coefficient (Wildman–Crippen LogP) is 3.67. The first-order chi connectivity index (χ1) is 9.05. The van der Waals surface area contributed by atoms with Gasteiger partial charge in [0.15, 0.2) is 5.28 Å². The Bertz CT molecular complexity index is 415. The van der Waals surface area contributed by atoms with Gasteiger partial charge in [0.1, 0.15) is 0 Å². The van der Waals surface area contributed by atoms with E-state index in [-0.39, 0.29) is 19.3 Å². The highest BCUT2D eigenvalue weighted by Gasteiger charge is 2.75. The van der Waals surface area contributed by atoms with Gasteiger partial charge in [-0.15, -0.1) is 0 Å². The van der Waals surface area contributed by atoms with E-state index in [9.17, 15) is 14.5 Å². The molecule has 0 aromatic rings. The molecule has 0 aliphatic carbocycles. The van der Waals surface area contributed by atoms with Crippen molar-refractivity contribution < 1.29 is 23.5 Å². The van der Waals surface area contributed by atoms with Gasteiger partial charge in [0, 0.05) is 8.07 Å². The molecule has 2 atom stereocenters. The monoisotopic (exact) mass is 323 g/mol. The number of amides is 1. The van der Waals surface area contributed by atoms with E-state index in [1.807, 2.05) is 0 Å². The first-order valence-electron chi connectivity index (χ1n) is 6.97. The van der Waals surface area contributed by atoms with Crippen LogP contribution >= 0.6 is 7.60 Å².